The van der Waals surface area contributed by atoms with Crippen molar-refractivity contribution in [1.29, 1.82) is 0 Å². The molecule has 0 bridgehead atoms. The Morgan fingerprint density at radius 1 is 1.42 bits per heavy atom. The molecule has 0 aromatic carbocycles. The van der Waals surface area contributed by atoms with Gasteiger partial charge in [0.1, 0.15) is 6.54 Å². The molecule has 1 heterocycles. The first kappa shape index (κ1) is 15.7. The average Bonchev–Trinajstić information content (AvgIpc) is 2.51. The molecule has 19 heavy (non-hydrogen) atoms. The van der Waals surface area contributed by atoms with Gasteiger partial charge in [-0.1, -0.05) is 6.92 Å². The predicted molar refractivity (Wildman–Crippen MR) is 69.7 cm³/mol. The van der Waals surface area contributed by atoms with Gasteiger partial charge < -0.3 is 15.3 Å². The summed E-state index contributed by atoms with van der Waals surface area (Å²) in [7, 11) is -3.11. The fourth-order valence-electron chi connectivity index (χ4n) is 2.13. The molecule has 0 aliphatic carbocycles. The van der Waals surface area contributed by atoms with Gasteiger partial charge in [0, 0.05) is 6.54 Å². The van der Waals surface area contributed by atoms with E-state index < -0.39 is 27.4 Å². The van der Waals surface area contributed by atoms with E-state index in [1.54, 1.807) is 6.92 Å². The van der Waals surface area contributed by atoms with Gasteiger partial charge >= 0.3 is 12.0 Å². The van der Waals surface area contributed by atoms with E-state index in [2.05, 4.69) is 5.32 Å². The second-order valence-corrected chi connectivity index (χ2v) is 7.33. The van der Waals surface area contributed by atoms with Crippen LogP contribution < -0.4 is 5.32 Å². The molecule has 1 fully saturated rings. The SMILES string of the molecule is CCCN(CC(=O)O)C(=O)NC1(C)CCS(=O)(=O)C1. The van der Waals surface area contributed by atoms with Crippen molar-refractivity contribution >= 4 is 21.8 Å². The number of hydrogen-bond acceptors (Lipinski definition) is 4. The van der Waals surface area contributed by atoms with Crippen LogP contribution in [0.1, 0.15) is 26.7 Å². The van der Waals surface area contributed by atoms with Crippen molar-refractivity contribution in [2.24, 2.45) is 0 Å². The molecule has 1 atom stereocenters. The van der Waals surface area contributed by atoms with Crippen LogP contribution in [0.4, 0.5) is 4.79 Å². The monoisotopic (exact) mass is 292 g/mol. The number of carbonyl (C=O) groups excluding carboxylic acids is 1. The summed E-state index contributed by atoms with van der Waals surface area (Å²) in [5, 5.41) is 11.4. The Kier molecular flexibility index (Phi) is 4.78. The van der Waals surface area contributed by atoms with Crippen LogP contribution in [0.25, 0.3) is 0 Å². The minimum absolute atomic E-state index is 0.0521. The number of urea groups is 1. The summed E-state index contributed by atoms with van der Waals surface area (Å²) in [6, 6.07) is -0.524. The van der Waals surface area contributed by atoms with Gasteiger partial charge in [-0.2, -0.15) is 0 Å². The minimum atomic E-state index is -3.11. The molecule has 1 aliphatic rings. The molecule has 1 aliphatic heterocycles. The van der Waals surface area contributed by atoms with Crippen molar-refractivity contribution in [2.75, 3.05) is 24.6 Å². The predicted octanol–water partition coefficient (Wildman–Crippen LogP) is 0.0698. The number of carboxylic acids is 1. The third-order valence-electron chi connectivity index (χ3n) is 3.02. The summed E-state index contributed by atoms with van der Waals surface area (Å²) in [5.74, 6) is -1.14. The van der Waals surface area contributed by atoms with Gasteiger partial charge in [-0.05, 0) is 19.8 Å². The molecule has 110 valence electrons. The maximum Gasteiger partial charge on any atom is 0.323 e. The third-order valence-corrected chi connectivity index (χ3v) is 4.92. The molecule has 7 nitrogen and oxygen atoms in total. The molecule has 1 saturated heterocycles. The molecule has 0 spiro atoms. The van der Waals surface area contributed by atoms with Crippen LogP contribution in [0, 0.1) is 0 Å². The lowest BCUT2D eigenvalue weighted by atomic mass is 10.0. The van der Waals surface area contributed by atoms with Crippen LogP contribution in [0.3, 0.4) is 0 Å². The average molecular weight is 292 g/mol. The number of sulfone groups is 1. The smallest absolute Gasteiger partial charge is 0.323 e. The van der Waals surface area contributed by atoms with E-state index in [1.165, 1.54) is 4.90 Å². The summed E-state index contributed by atoms with van der Waals surface area (Å²) in [5.41, 5.74) is -0.805. The Morgan fingerprint density at radius 2 is 2.05 bits per heavy atom. The Bertz CT molecular complexity index is 462. The van der Waals surface area contributed by atoms with E-state index in [9.17, 15) is 18.0 Å². The third kappa shape index (κ3) is 4.70. The molecule has 0 aromatic heterocycles. The summed E-state index contributed by atoms with van der Waals surface area (Å²) in [6.45, 7) is 3.44. The van der Waals surface area contributed by atoms with Crippen molar-refractivity contribution in [3.05, 3.63) is 0 Å². The Morgan fingerprint density at radius 3 is 2.47 bits per heavy atom. The number of rotatable bonds is 5. The number of hydrogen-bond donors (Lipinski definition) is 2. The number of carbonyl (C=O) groups is 2. The molecule has 1 unspecified atom stereocenters. The first-order valence-electron chi connectivity index (χ1n) is 6.17. The second kappa shape index (κ2) is 5.77. The summed E-state index contributed by atoms with van der Waals surface area (Å²) >= 11 is 0. The zero-order valence-corrected chi connectivity index (χ0v) is 12.0. The lowest BCUT2D eigenvalue weighted by Gasteiger charge is -2.28. The van der Waals surface area contributed by atoms with Crippen LogP contribution in [0.5, 0.6) is 0 Å². The second-order valence-electron chi connectivity index (χ2n) is 5.15. The highest BCUT2D eigenvalue weighted by atomic mass is 32.2. The summed E-state index contributed by atoms with van der Waals surface area (Å²) in [6.07, 6.45) is 0.990. The lowest BCUT2D eigenvalue weighted by molar-refractivity contribution is -0.137. The number of carboxylic acid groups (broad SMARTS) is 1. The van der Waals surface area contributed by atoms with Crippen LogP contribution >= 0.6 is 0 Å². The highest BCUT2D eigenvalue weighted by Gasteiger charge is 2.40. The van der Waals surface area contributed by atoms with Crippen molar-refractivity contribution in [3.63, 3.8) is 0 Å². The largest absolute Gasteiger partial charge is 0.480 e. The van der Waals surface area contributed by atoms with Gasteiger partial charge in [0.15, 0.2) is 9.84 Å². The molecule has 0 radical (unpaired) electrons. The fourth-order valence-corrected chi connectivity index (χ4v) is 4.22. The van der Waals surface area contributed by atoms with E-state index in [0.29, 0.717) is 19.4 Å². The Hall–Kier alpha value is -1.31. The van der Waals surface area contributed by atoms with Crippen LogP contribution in [0.2, 0.25) is 0 Å². The molecule has 0 aromatic rings. The number of aliphatic carboxylic acids is 1. The first-order valence-corrected chi connectivity index (χ1v) is 7.99. The van der Waals surface area contributed by atoms with Crippen molar-refractivity contribution in [2.45, 2.75) is 32.2 Å². The fraction of sp³-hybridized carbons (Fsp3) is 0.818. The van der Waals surface area contributed by atoms with Gasteiger partial charge in [-0.25, -0.2) is 13.2 Å². The molecular formula is C11H20N2O5S. The van der Waals surface area contributed by atoms with Crippen LogP contribution in [-0.2, 0) is 14.6 Å². The zero-order valence-electron chi connectivity index (χ0n) is 11.2. The zero-order chi connectivity index (χ0) is 14.7. The minimum Gasteiger partial charge on any atom is -0.480 e. The van der Waals surface area contributed by atoms with Crippen molar-refractivity contribution in [3.8, 4) is 0 Å². The molecular weight excluding hydrogens is 272 g/mol. The van der Waals surface area contributed by atoms with Crippen molar-refractivity contribution < 1.29 is 23.1 Å². The van der Waals surface area contributed by atoms with E-state index in [-0.39, 0.29) is 18.1 Å². The maximum absolute atomic E-state index is 12.0. The Labute approximate surface area is 112 Å². The summed E-state index contributed by atoms with van der Waals surface area (Å²) < 4.78 is 22.9. The number of nitrogens with zero attached hydrogens (tertiary/aromatic N) is 1. The molecule has 1 rings (SSSR count). The highest BCUT2D eigenvalue weighted by Crippen LogP contribution is 2.23. The van der Waals surface area contributed by atoms with Gasteiger partial charge in [-0.3, -0.25) is 4.79 Å². The van der Waals surface area contributed by atoms with Crippen LogP contribution in [-0.4, -0.2) is 60.6 Å². The van der Waals surface area contributed by atoms with E-state index in [1.807, 2.05) is 6.92 Å². The highest BCUT2D eigenvalue weighted by molar-refractivity contribution is 7.91. The molecule has 2 amide bonds. The number of nitrogens with one attached hydrogen (secondary N) is 1. The van der Waals surface area contributed by atoms with Gasteiger partial charge in [0.05, 0.1) is 17.0 Å². The van der Waals surface area contributed by atoms with E-state index in [0.717, 1.165) is 0 Å². The standard InChI is InChI=1S/C11H20N2O5S/c1-3-5-13(7-9(14)15)10(16)12-11(2)4-6-19(17,18)8-11/h3-8H2,1-2H3,(H,12,16)(H,14,15). The van der Waals surface area contributed by atoms with Crippen LogP contribution in [0.15, 0.2) is 0 Å². The molecule has 0 saturated carbocycles. The van der Waals surface area contributed by atoms with E-state index in [4.69, 9.17) is 5.11 Å². The molecule has 2 N–H and O–H groups in total. The first-order chi connectivity index (χ1) is 8.67. The number of amides is 2. The Balaban J connectivity index is 2.68. The van der Waals surface area contributed by atoms with Crippen molar-refractivity contribution in [1.82, 2.24) is 10.2 Å². The quantitative estimate of drug-likeness (QED) is 0.746. The molecule has 8 heteroatoms. The lowest BCUT2D eigenvalue weighted by Crippen LogP contribution is -2.53. The summed E-state index contributed by atoms with van der Waals surface area (Å²) in [4.78, 5) is 23.9. The van der Waals surface area contributed by atoms with Gasteiger partial charge in [0.2, 0.25) is 0 Å². The van der Waals surface area contributed by atoms with Gasteiger partial charge in [-0.15, -0.1) is 0 Å². The topological polar surface area (TPSA) is 104 Å². The normalized spacial score (nSPS) is 24.9. The van der Waals surface area contributed by atoms with E-state index >= 15 is 0 Å². The maximum atomic E-state index is 12.0. The van der Waals surface area contributed by atoms with Gasteiger partial charge in [0.25, 0.3) is 0 Å².